The Kier molecular flexibility index (Phi) is 5.83. The largest absolute Gasteiger partial charge is 0.357 e. The molecule has 0 amide bonds. The second-order valence-corrected chi connectivity index (χ2v) is 3.88. The van der Waals surface area contributed by atoms with Crippen LogP contribution in [0, 0.1) is 0 Å². The smallest absolute Gasteiger partial charge is 0.128 e. The number of hydrogen-bond acceptors (Lipinski definition) is 2. The standard InChI is InChI=1S/C13H22N2/c1-3-5-8-12-15(11-4-2)13-9-6-7-10-14-13/h6-7,9-10H,3-5,8,11-12H2,1-2H3. The van der Waals surface area contributed by atoms with E-state index in [0.717, 1.165) is 18.9 Å². The van der Waals surface area contributed by atoms with Crippen LogP contribution < -0.4 is 4.90 Å². The number of rotatable bonds is 7. The van der Waals surface area contributed by atoms with Crippen LogP contribution in [0.2, 0.25) is 0 Å². The molecule has 1 aromatic heterocycles. The molecule has 0 aromatic carbocycles. The van der Waals surface area contributed by atoms with Gasteiger partial charge in [0.25, 0.3) is 0 Å². The Labute approximate surface area is 93.3 Å². The highest BCUT2D eigenvalue weighted by atomic mass is 15.2. The van der Waals surface area contributed by atoms with Gasteiger partial charge in [-0.1, -0.05) is 32.8 Å². The van der Waals surface area contributed by atoms with Crippen LogP contribution in [0.5, 0.6) is 0 Å². The molecule has 0 bridgehead atoms. The Bertz CT molecular complexity index is 246. The van der Waals surface area contributed by atoms with E-state index >= 15 is 0 Å². The minimum atomic E-state index is 1.11. The van der Waals surface area contributed by atoms with E-state index in [9.17, 15) is 0 Å². The molecule has 0 spiro atoms. The molecule has 0 saturated heterocycles. The first-order valence-corrected chi connectivity index (χ1v) is 6.04. The zero-order valence-electron chi connectivity index (χ0n) is 9.95. The molecule has 84 valence electrons. The predicted molar refractivity (Wildman–Crippen MR) is 66.3 cm³/mol. The Morgan fingerprint density at radius 2 is 1.93 bits per heavy atom. The van der Waals surface area contributed by atoms with Crippen molar-refractivity contribution < 1.29 is 0 Å². The zero-order valence-corrected chi connectivity index (χ0v) is 9.95. The van der Waals surface area contributed by atoms with Crippen molar-refractivity contribution in [3.8, 4) is 0 Å². The van der Waals surface area contributed by atoms with Gasteiger partial charge >= 0.3 is 0 Å². The van der Waals surface area contributed by atoms with Crippen LogP contribution in [0.4, 0.5) is 5.82 Å². The van der Waals surface area contributed by atoms with Crippen molar-refractivity contribution in [2.75, 3.05) is 18.0 Å². The summed E-state index contributed by atoms with van der Waals surface area (Å²) >= 11 is 0. The van der Waals surface area contributed by atoms with Crippen molar-refractivity contribution >= 4 is 5.82 Å². The zero-order chi connectivity index (χ0) is 10.9. The second kappa shape index (κ2) is 7.27. The summed E-state index contributed by atoms with van der Waals surface area (Å²) in [4.78, 5) is 6.79. The van der Waals surface area contributed by atoms with Gasteiger partial charge in [-0.3, -0.25) is 0 Å². The molecule has 0 radical (unpaired) electrons. The highest BCUT2D eigenvalue weighted by Crippen LogP contribution is 2.11. The van der Waals surface area contributed by atoms with Gasteiger partial charge < -0.3 is 4.90 Å². The molecule has 0 saturated carbocycles. The summed E-state index contributed by atoms with van der Waals surface area (Å²) in [5, 5.41) is 0. The van der Waals surface area contributed by atoms with Gasteiger partial charge in [-0.2, -0.15) is 0 Å². The van der Waals surface area contributed by atoms with Crippen LogP contribution >= 0.6 is 0 Å². The minimum Gasteiger partial charge on any atom is -0.357 e. The van der Waals surface area contributed by atoms with Gasteiger partial charge in [0.05, 0.1) is 0 Å². The molecule has 1 heterocycles. The summed E-state index contributed by atoms with van der Waals surface area (Å²) in [5.74, 6) is 1.12. The number of nitrogens with zero attached hydrogens (tertiary/aromatic N) is 2. The van der Waals surface area contributed by atoms with Gasteiger partial charge in [-0.25, -0.2) is 4.98 Å². The third-order valence-electron chi connectivity index (χ3n) is 2.50. The van der Waals surface area contributed by atoms with Crippen molar-refractivity contribution in [3.63, 3.8) is 0 Å². The maximum absolute atomic E-state index is 4.40. The van der Waals surface area contributed by atoms with E-state index in [0.29, 0.717) is 0 Å². The molecule has 0 aliphatic heterocycles. The average Bonchev–Trinajstić information content (AvgIpc) is 2.29. The van der Waals surface area contributed by atoms with Gasteiger partial charge in [-0.05, 0) is 25.0 Å². The summed E-state index contributed by atoms with van der Waals surface area (Å²) < 4.78 is 0. The fourth-order valence-electron chi connectivity index (χ4n) is 1.70. The SMILES string of the molecule is CCCCCN(CCC)c1ccccn1. The average molecular weight is 206 g/mol. The van der Waals surface area contributed by atoms with Gasteiger partial charge in [0.1, 0.15) is 5.82 Å². The second-order valence-electron chi connectivity index (χ2n) is 3.88. The molecular weight excluding hydrogens is 184 g/mol. The van der Waals surface area contributed by atoms with Gasteiger partial charge in [-0.15, -0.1) is 0 Å². The molecule has 0 aliphatic carbocycles. The number of unbranched alkanes of at least 4 members (excludes halogenated alkanes) is 2. The van der Waals surface area contributed by atoms with Crippen molar-refractivity contribution in [1.29, 1.82) is 0 Å². The Morgan fingerprint density at radius 3 is 2.53 bits per heavy atom. The van der Waals surface area contributed by atoms with E-state index in [-0.39, 0.29) is 0 Å². The molecule has 0 fully saturated rings. The van der Waals surface area contributed by atoms with E-state index in [1.807, 2.05) is 12.3 Å². The van der Waals surface area contributed by atoms with Gasteiger partial charge in [0.2, 0.25) is 0 Å². The Hall–Kier alpha value is -1.05. The van der Waals surface area contributed by atoms with Crippen LogP contribution in [0.15, 0.2) is 24.4 Å². The van der Waals surface area contributed by atoms with Crippen LogP contribution in [0.3, 0.4) is 0 Å². The van der Waals surface area contributed by atoms with Crippen molar-refractivity contribution in [2.45, 2.75) is 39.5 Å². The van der Waals surface area contributed by atoms with Crippen molar-refractivity contribution in [2.24, 2.45) is 0 Å². The summed E-state index contributed by atoms with van der Waals surface area (Å²) in [6, 6.07) is 6.13. The Balaban J connectivity index is 2.50. The third kappa shape index (κ3) is 4.32. The minimum absolute atomic E-state index is 1.11. The number of anilines is 1. The molecule has 0 atom stereocenters. The van der Waals surface area contributed by atoms with Crippen molar-refractivity contribution in [1.82, 2.24) is 4.98 Å². The maximum Gasteiger partial charge on any atom is 0.128 e. The van der Waals surface area contributed by atoms with E-state index < -0.39 is 0 Å². The fourth-order valence-corrected chi connectivity index (χ4v) is 1.70. The molecule has 1 rings (SSSR count). The lowest BCUT2D eigenvalue weighted by molar-refractivity contribution is 0.663. The van der Waals surface area contributed by atoms with E-state index in [2.05, 4.69) is 35.9 Å². The van der Waals surface area contributed by atoms with Crippen LogP contribution in [0.25, 0.3) is 0 Å². The molecule has 15 heavy (non-hydrogen) atoms. The lowest BCUT2D eigenvalue weighted by atomic mass is 10.2. The molecule has 0 N–H and O–H groups in total. The molecule has 0 unspecified atom stereocenters. The topological polar surface area (TPSA) is 16.1 Å². The molecule has 2 nitrogen and oxygen atoms in total. The third-order valence-corrected chi connectivity index (χ3v) is 2.50. The molecular formula is C13H22N2. The maximum atomic E-state index is 4.40. The normalized spacial score (nSPS) is 10.3. The lowest BCUT2D eigenvalue weighted by Gasteiger charge is -2.22. The number of hydrogen-bond donors (Lipinski definition) is 0. The van der Waals surface area contributed by atoms with E-state index in [1.165, 1.54) is 25.7 Å². The lowest BCUT2D eigenvalue weighted by Crippen LogP contribution is -2.26. The molecule has 0 aliphatic rings. The summed E-state index contributed by atoms with van der Waals surface area (Å²) in [5.41, 5.74) is 0. The number of pyridine rings is 1. The first-order chi connectivity index (χ1) is 7.38. The predicted octanol–water partition coefficient (Wildman–Crippen LogP) is 3.49. The summed E-state index contributed by atoms with van der Waals surface area (Å²) in [7, 11) is 0. The highest BCUT2D eigenvalue weighted by molar-refractivity contribution is 5.37. The van der Waals surface area contributed by atoms with Crippen LogP contribution in [-0.2, 0) is 0 Å². The fraction of sp³-hybridized carbons (Fsp3) is 0.615. The monoisotopic (exact) mass is 206 g/mol. The van der Waals surface area contributed by atoms with Crippen molar-refractivity contribution in [3.05, 3.63) is 24.4 Å². The van der Waals surface area contributed by atoms with E-state index in [1.54, 1.807) is 0 Å². The molecule has 2 heteroatoms. The van der Waals surface area contributed by atoms with Crippen LogP contribution in [-0.4, -0.2) is 18.1 Å². The Morgan fingerprint density at radius 1 is 1.07 bits per heavy atom. The van der Waals surface area contributed by atoms with Crippen LogP contribution in [0.1, 0.15) is 39.5 Å². The quantitative estimate of drug-likeness (QED) is 0.635. The summed E-state index contributed by atoms with van der Waals surface area (Å²) in [6.07, 6.45) is 6.92. The van der Waals surface area contributed by atoms with E-state index in [4.69, 9.17) is 0 Å². The van der Waals surface area contributed by atoms with Gasteiger partial charge in [0, 0.05) is 19.3 Å². The first-order valence-electron chi connectivity index (χ1n) is 6.04. The van der Waals surface area contributed by atoms with Gasteiger partial charge in [0.15, 0.2) is 0 Å². The highest BCUT2D eigenvalue weighted by Gasteiger charge is 2.04. The molecule has 1 aromatic rings. The number of aromatic nitrogens is 1. The summed E-state index contributed by atoms with van der Waals surface area (Å²) in [6.45, 7) is 6.71. The first kappa shape index (κ1) is 12.0.